The van der Waals surface area contributed by atoms with Crippen LogP contribution in [-0.4, -0.2) is 32.4 Å². The maximum atomic E-state index is 12.3. The molecular formula is C20H20N2O5. The number of benzene rings is 2. The van der Waals surface area contributed by atoms with Crippen LogP contribution in [-0.2, 0) is 11.2 Å². The Balaban J connectivity index is 1.71. The van der Waals surface area contributed by atoms with Gasteiger partial charge in [0.25, 0.3) is 0 Å². The number of carbonyl (C=O) groups excluding carboxylic acids is 1. The molecule has 0 saturated heterocycles. The van der Waals surface area contributed by atoms with Gasteiger partial charge in [0.1, 0.15) is 5.75 Å². The number of para-hydroxylation sites is 2. The van der Waals surface area contributed by atoms with E-state index in [1.807, 2.05) is 18.2 Å². The first-order chi connectivity index (χ1) is 13.1. The molecule has 7 heteroatoms. The van der Waals surface area contributed by atoms with Gasteiger partial charge < -0.3 is 24.1 Å². The van der Waals surface area contributed by atoms with Crippen LogP contribution < -0.4 is 19.5 Å². The van der Waals surface area contributed by atoms with E-state index < -0.39 is 0 Å². The highest BCUT2D eigenvalue weighted by molar-refractivity contribution is 5.93. The topological polar surface area (TPSA) is 82.8 Å². The van der Waals surface area contributed by atoms with E-state index in [1.54, 1.807) is 51.7 Å². The van der Waals surface area contributed by atoms with E-state index in [-0.39, 0.29) is 12.3 Å². The molecule has 1 amide bonds. The number of nitrogens with one attached hydrogen (secondary N) is 1. The normalized spacial score (nSPS) is 10.3. The van der Waals surface area contributed by atoms with Crippen molar-refractivity contribution in [3.63, 3.8) is 0 Å². The van der Waals surface area contributed by atoms with E-state index >= 15 is 0 Å². The largest absolute Gasteiger partial charge is 0.495 e. The van der Waals surface area contributed by atoms with Crippen LogP contribution in [0.1, 0.15) is 5.69 Å². The maximum Gasteiger partial charge on any atom is 0.230 e. The molecule has 0 aliphatic rings. The van der Waals surface area contributed by atoms with Crippen molar-refractivity contribution < 1.29 is 23.5 Å². The summed E-state index contributed by atoms with van der Waals surface area (Å²) < 4.78 is 21.1. The summed E-state index contributed by atoms with van der Waals surface area (Å²) >= 11 is 0. The standard InChI is InChI=1S/C20H20N2O5/c1-24-16-7-5-4-6-15(16)21-20(23)12-14-11-18(27-22-14)13-8-9-17(25-2)19(10-13)26-3/h4-11H,12H2,1-3H3,(H,21,23). The Morgan fingerprint density at radius 1 is 0.963 bits per heavy atom. The second-order valence-electron chi connectivity index (χ2n) is 5.68. The van der Waals surface area contributed by atoms with E-state index in [1.165, 1.54) is 0 Å². The van der Waals surface area contributed by atoms with Crippen LogP contribution in [0.4, 0.5) is 5.69 Å². The third-order valence-corrected chi connectivity index (χ3v) is 3.95. The van der Waals surface area contributed by atoms with Crippen LogP contribution in [0, 0.1) is 0 Å². The number of amides is 1. The lowest BCUT2D eigenvalue weighted by molar-refractivity contribution is -0.115. The SMILES string of the molecule is COc1ccccc1NC(=O)Cc1cc(-c2ccc(OC)c(OC)c2)on1. The first-order valence-electron chi connectivity index (χ1n) is 8.25. The molecule has 7 nitrogen and oxygen atoms in total. The van der Waals surface area contributed by atoms with Crippen molar-refractivity contribution >= 4 is 11.6 Å². The van der Waals surface area contributed by atoms with Gasteiger partial charge in [-0.25, -0.2) is 0 Å². The van der Waals surface area contributed by atoms with Gasteiger partial charge in [-0.15, -0.1) is 0 Å². The molecule has 1 N–H and O–H groups in total. The summed E-state index contributed by atoms with van der Waals surface area (Å²) in [5, 5.41) is 6.79. The molecule has 0 aliphatic heterocycles. The number of ether oxygens (including phenoxy) is 3. The van der Waals surface area contributed by atoms with Crippen LogP contribution in [0.15, 0.2) is 53.1 Å². The predicted molar refractivity (Wildman–Crippen MR) is 100 cm³/mol. The number of aromatic nitrogens is 1. The van der Waals surface area contributed by atoms with Gasteiger partial charge in [0.15, 0.2) is 17.3 Å². The molecule has 0 radical (unpaired) electrons. The number of hydrogen-bond acceptors (Lipinski definition) is 6. The summed E-state index contributed by atoms with van der Waals surface area (Å²) in [5.74, 6) is 2.12. The zero-order valence-corrected chi connectivity index (χ0v) is 15.3. The quantitative estimate of drug-likeness (QED) is 0.687. The third-order valence-electron chi connectivity index (χ3n) is 3.95. The monoisotopic (exact) mass is 368 g/mol. The molecule has 0 saturated carbocycles. The molecule has 0 unspecified atom stereocenters. The maximum absolute atomic E-state index is 12.3. The summed E-state index contributed by atoms with van der Waals surface area (Å²) in [6.45, 7) is 0. The Morgan fingerprint density at radius 3 is 2.44 bits per heavy atom. The summed E-state index contributed by atoms with van der Waals surface area (Å²) in [7, 11) is 4.69. The van der Waals surface area contributed by atoms with Crippen molar-refractivity contribution in [1.82, 2.24) is 5.16 Å². The molecule has 140 valence electrons. The molecule has 1 aromatic heterocycles. The van der Waals surface area contributed by atoms with Crippen LogP contribution >= 0.6 is 0 Å². The zero-order chi connectivity index (χ0) is 19.2. The number of anilines is 1. The second kappa shape index (κ2) is 8.27. The van der Waals surface area contributed by atoms with Crippen molar-refractivity contribution in [1.29, 1.82) is 0 Å². The van der Waals surface area contributed by atoms with Crippen LogP contribution in [0.25, 0.3) is 11.3 Å². The summed E-state index contributed by atoms with van der Waals surface area (Å²) in [6.07, 6.45) is 0.0782. The van der Waals surface area contributed by atoms with Gasteiger partial charge in [-0.1, -0.05) is 17.3 Å². The molecule has 0 bridgehead atoms. The average molecular weight is 368 g/mol. The Bertz CT molecular complexity index is 936. The second-order valence-corrected chi connectivity index (χ2v) is 5.68. The minimum absolute atomic E-state index is 0.0782. The molecule has 27 heavy (non-hydrogen) atoms. The zero-order valence-electron chi connectivity index (χ0n) is 15.3. The van der Waals surface area contributed by atoms with Crippen molar-refractivity contribution in [3.05, 3.63) is 54.2 Å². The molecule has 3 rings (SSSR count). The molecule has 1 heterocycles. The molecule has 0 fully saturated rings. The highest BCUT2D eigenvalue weighted by Gasteiger charge is 2.14. The Labute approximate surface area is 156 Å². The number of rotatable bonds is 7. The fourth-order valence-electron chi connectivity index (χ4n) is 2.63. The van der Waals surface area contributed by atoms with E-state index in [2.05, 4.69) is 10.5 Å². The van der Waals surface area contributed by atoms with Crippen molar-refractivity contribution in [3.8, 4) is 28.6 Å². The Kier molecular flexibility index (Phi) is 5.61. The predicted octanol–water partition coefficient (Wildman–Crippen LogP) is 3.55. The van der Waals surface area contributed by atoms with Gasteiger partial charge in [-0.3, -0.25) is 4.79 Å². The first-order valence-corrected chi connectivity index (χ1v) is 8.25. The lowest BCUT2D eigenvalue weighted by atomic mass is 10.1. The van der Waals surface area contributed by atoms with Gasteiger partial charge in [-0.05, 0) is 30.3 Å². The lowest BCUT2D eigenvalue weighted by Gasteiger charge is -2.08. The number of methoxy groups -OCH3 is 3. The Hall–Kier alpha value is -3.48. The van der Waals surface area contributed by atoms with E-state index in [9.17, 15) is 4.79 Å². The third kappa shape index (κ3) is 4.20. The summed E-state index contributed by atoms with van der Waals surface area (Å²) in [5.41, 5.74) is 1.90. The van der Waals surface area contributed by atoms with E-state index in [0.29, 0.717) is 34.4 Å². The minimum Gasteiger partial charge on any atom is -0.495 e. The summed E-state index contributed by atoms with van der Waals surface area (Å²) in [4.78, 5) is 12.3. The fourth-order valence-corrected chi connectivity index (χ4v) is 2.63. The van der Waals surface area contributed by atoms with Gasteiger partial charge in [0.2, 0.25) is 5.91 Å². The number of carbonyl (C=O) groups is 1. The Morgan fingerprint density at radius 2 is 1.70 bits per heavy atom. The smallest absolute Gasteiger partial charge is 0.230 e. The lowest BCUT2D eigenvalue weighted by Crippen LogP contribution is -2.15. The number of hydrogen-bond donors (Lipinski definition) is 1. The fraction of sp³-hybridized carbons (Fsp3) is 0.200. The molecule has 2 aromatic carbocycles. The highest BCUT2D eigenvalue weighted by Crippen LogP contribution is 2.32. The van der Waals surface area contributed by atoms with E-state index in [4.69, 9.17) is 18.7 Å². The average Bonchev–Trinajstić information content (AvgIpc) is 3.16. The van der Waals surface area contributed by atoms with Gasteiger partial charge >= 0.3 is 0 Å². The minimum atomic E-state index is -0.216. The summed E-state index contributed by atoms with van der Waals surface area (Å²) in [6, 6.07) is 14.3. The van der Waals surface area contributed by atoms with Gasteiger partial charge in [-0.2, -0.15) is 0 Å². The van der Waals surface area contributed by atoms with E-state index in [0.717, 1.165) is 5.56 Å². The van der Waals surface area contributed by atoms with Crippen LogP contribution in [0.3, 0.4) is 0 Å². The van der Waals surface area contributed by atoms with Crippen molar-refractivity contribution in [2.75, 3.05) is 26.6 Å². The number of nitrogens with zero attached hydrogens (tertiary/aromatic N) is 1. The van der Waals surface area contributed by atoms with Crippen LogP contribution in [0.2, 0.25) is 0 Å². The van der Waals surface area contributed by atoms with Crippen molar-refractivity contribution in [2.24, 2.45) is 0 Å². The molecule has 0 spiro atoms. The molecule has 0 aliphatic carbocycles. The van der Waals surface area contributed by atoms with Gasteiger partial charge in [0, 0.05) is 11.6 Å². The molecule has 0 atom stereocenters. The highest BCUT2D eigenvalue weighted by atomic mass is 16.5. The molecular weight excluding hydrogens is 348 g/mol. The van der Waals surface area contributed by atoms with Gasteiger partial charge in [0.05, 0.1) is 39.1 Å². The first kappa shape index (κ1) is 18.3. The molecule has 3 aromatic rings. The van der Waals surface area contributed by atoms with Crippen LogP contribution in [0.5, 0.6) is 17.2 Å². The van der Waals surface area contributed by atoms with Crippen molar-refractivity contribution in [2.45, 2.75) is 6.42 Å².